The van der Waals surface area contributed by atoms with Crippen LogP contribution in [0.5, 0.6) is 5.75 Å². The van der Waals surface area contributed by atoms with Gasteiger partial charge in [0.15, 0.2) is 11.6 Å². The lowest BCUT2D eigenvalue weighted by Crippen LogP contribution is -2.29. The van der Waals surface area contributed by atoms with Gasteiger partial charge in [-0.3, -0.25) is 4.68 Å². The van der Waals surface area contributed by atoms with Crippen LogP contribution in [0.25, 0.3) is 11.4 Å². The zero-order valence-electron chi connectivity index (χ0n) is 19.0. The molecule has 2 heterocycles. The average molecular weight is 428 g/mol. The summed E-state index contributed by atoms with van der Waals surface area (Å²) >= 11 is 0. The van der Waals surface area contributed by atoms with Crippen molar-refractivity contribution in [2.24, 2.45) is 18.9 Å². The molecule has 2 aliphatic carbocycles. The third-order valence-corrected chi connectivity index (χ3v) is 6.51. The predicted octanol–water partition coefficient (Wildman–Crippen LogP) is 4.12. The van der Waals surface area contributed by atoms with Crippen LogP contribution in [0.3, 0.4) is 0 Å². The van der Waals surface area contributed by atoms with Crippen molar-refractivity contribution >= 4 is 6.09 Å². The topological polar surface area (TPSA) is 82.4 Å². The Labute approximate surface area is 184 Å². The molecule has 31 heavy (non-hydrogen) atoms. The average Bonchev–Trinajstić information content (AvgIpc) is 3.32. The fourth-order valence-electron chi connectivity index (χ4n) is 4.20. The molecule has 0 unspecified atom stereocenters. The molecule has 0 spiro atoms. The van der Waals surface area contributed by atoms with Crippen molar-refractivity contribution in [3.8, 4) is 17.1 Å². The number of nitrogens with zero attached hydrogens (tertiary/aromatic N) is 5. The van der Waals surface area contributed by atoms with Crippen molar-refractivity contribution in [3.63, 3.8) is 0 Å². The van der Waals surface area contributed by atoms with Gasteiger partial charge in [-0.1, -0.05) is 13.3 Å². The van der Waals surface area contributed by atoms with Gasteiger partial charge in [0.05, 0.1) is 35.4 Å². The van der Waals surface area contributed by atoms with Gasteiger partial charge in [-0.15, -0.1) is 0 Å². The quantitative estimate of drug-likeness (QED) is 0.661. The molecule has 4 rings (SSSR count). The van der Waals surface area contributed by atoms with Crippen molar-refractivity contribution in [1.29, 1.82) is 0 Å². The highest BCUT2D eigenvalue weighted by Crippen LogP contribution is 2.38. The number of carbonyl (C=O) groups is 1. The summed E-state index contributed by atoms with van der Waals surface area (Å²) in [4.78, 5) is 23.2. The van der Waals surface area contributed by atoms with Gasteiger partial charge in [-0.2, -0.15) is 5.10 Å². The van der Waals surface area contributed by atoms with Crippen molar-refractivity contribution < 1.29 is 14.3 Å². The van der Waals surface area contributed by atoms with E-state index in [-0.39, 0.29) is 18.8 Å². The molecular weight excluding hydrogens is 394 g/mol. The highest BCUT2D eigenvalue weighted by Gasteiger charge is 2.34. The molecule has 0 aromatic carbocycles. The number of aryl methyl sites for hydroxylation is 2. The largest absolute Gasteiger partial charge is 0.487 e. The molecule has 0 radical (unpaired) electrons. The van der Waals surface area contributed by atoms with E-state index in [0.717, 1.165) is 42.1 Å². The van der Waals surface area contributed by atoms with E-state index in [1.807, 2.05) is 14.0 Å². The van der Waals surface area contributed by atoms with Crippen LogP contribution in [-0.2, 0) is 18.4 Å². The Morgan fingerprint density at radius 2 is 2.00 bits per heavy atom. The predicted molar refractivity (Wildman–Crippen MR) is 117 cm³/mol. The van der Waals surface area contributed by atoms with Gasteiger partial charge in [-0.05, 0) is 50.9 Å². The maximum atomic E-state index is 12.4. The van der Waals surface area contributed by atoms with Crippen molar-refractivity contribution in [2.75, 3.05) is 13.6 Å². The van der Waals surface area contributed by atoms with Gasteiger partial charge in [-0.25, -0.2) is 14.8 Å². The van der Waals surface area contributed by atoms with E-state index in [0.29, 0.717) is 17.7 Å². The molecule has 2 atom stereocenters. The molecule has 2 aromatic rings. The van der Waals surface area contributed by atoms with E-state index >= 15 is 0 Å². The Hall–Kier alpha value is -2.64. The SMILES string of the molecule is Cc1nc(-c2cnn(C)c2COC(=O)N(C)C[C@H]2C[C@@H]2C)ncc1OC1CCCCC1. The van der Waals surface area contributed by atoms with Gasteiger partial charge >= 0.3 is 6.09 Å². The van der Waals surface area contributed by atoms with Crippen molar-refractivity contribution in [3.05, 3.63) is 23.8 Å². The minimum atomic E-state index is -0.320. The third kappa shape index (κ3) is 5.17. The second kappa shape index (κ2) is 9.24. The number of hydrogen-bond acceptors (Lipinski definition) is 6. The molecular formula is C23H33N5O3. The van der Waals surface area contributed by atoms with Gasteiger partial charge in [0, 0.05) is 20.6 Å². The molecule has 8 heteroatoms. The number of rotatable bonds is 7. The van der Waals surface area contributed by atoms with E-state index in [4.69, 9.17) is 9.47 Å². The van der Waals surface area contributed by atoms with Crippen LogP contribution in [0.4, 0.5) is 4.79 Å². The highest BCUT2D eigenvalue weighted by atomic mass is 16.6. The molecule has 0 aliphatic heterocycles. The lowest BCUT2D eigenvalue weighted by molar-refractivity contribution is 0.101. The Balaban J connectivity index is 1.41. The maximum Gasteiger partial charge on any atom is 0.409 e. The first kappa shape index (κ1) is 21.6. The first-order valence-electron chi connectivity index (χ1n) is 11.3. The van der Waals surface area contributed by atoms with Crippen molar-refractivity contribution in [2.45, 2.75) is 65.1 Å². The normalized spacial score (nSPS) is 21.0. The molecule has 2 saturated carbocycles. The summed E-state index contributed by atoms with van der Waals surface area (Å²) in [6.45, 7) is 5.01. The number of carbonyl (C=O) groups excluding carboxylic acids is 1. The highest BCUT2D eigenvalue weighted by molar-refractivity contribution is 5.67. The summed E-state index contributed by atoms with van der Waals surface area (Å²) in [5, 5.41) is 4.33. The third-order valence-electron chi connectivity index (χ3n) is 6.51. The van der Waals surface area contributed by atoms with Crippen LogP contribution >= 0.6 is 0 Å². The van der Waals surface area contributed by atoms with Crippen LogP contribution in [-0.4, -0.2) is 50.4 Å². The molecule has 2 fully saturated rings. The zero-order chi connectivity index (χ0) is 22.0. The Bertz CT molecular complexity index is 922. The lowest BCUT2D eigenvalue weighted by atomic mass is 9.98. The summed E-state index contributed by atoms with van der Waals surface area (Å²) < 4.78 is 13.4. The van der Waals surface area contributed by atoms with E-state index < -0.39 is 0 Å². The number of hydrogen-bond donors (Lipinski definition) is 0. The molecule has 2 aliphatic rings. The lowest BCUT2D eigenvalue weighted by Gasteiger charge is -2.23. The number of amides is 1. The zero-order valence-corrected chi connectivity index (χ0v) is 19.0. The maximum absolute atomic E-state index is 12.4. The molecule has 8 nitrogen and oxygen atoms in total. The summed E-state index contributed by atoms with van der Waals surface area (Å²) in [7, 11) is 3.62. The monoisotopic (exact) mass is 427 g/mol. The first-order valence-corrected chi connectivity index (χ1v) is 11.3. The summed E-state index contributed by atoms with van der Waals surface area (Å²) in [5.41, 5.74) is 2.34. The van der Waals surface area contributed by atoms with E-state index in [1.165, 1.54) is 25.7 Å². The van der Waals surface area contributed by atoms with E-state index in [1.54, 1.807) is 29.0 Å². The van der Waals surface area contributed by atoms with Crippen LogP contribution in [0.15, 0.2) is 12.4 Å². The second-order valence-corrected chi connectivity index (χ2v) is 9.06. The number of ether oxygens (including phenoxy) is 2. The van der Waals surface area contributed by atoms with Gasteiger partial charge in [0.1, 0.15) is 6.61 Å². The Morgan fingerprint density at radius 3 is 2.68 bits per heavy atom. The van der Waals surface area contributed by atoms with Crippen molar-refractivity contribution in [1.82, 2.24) is 24.6 Å². The molecule has 168 valence electrons. The first-order chi connectivity index (χ1) is 14.9. The van der Waals surface area contributed by atoms with E-state index in [9.17, 15) is 4.79 Å². The van der Waals surface area contributed by atoms with Gasteiger partial charge in [0.2, 0.25) is 0 Å². The second-order valence-electron chi connectivity index (χ2n) is 9.06. The molecule has 0 bridgehead atoms. The fourth-order valence-corrected chi connectivity index (χ4v) is 4.20. The standard InChI is InChI=1S/C23H33N5O3/c1-15-10-17(15)13-27(3)23(29)30-14-20-19(11-25-28(20)4)22-24-12-21(16(2)26-22)31-18-8-6-5-7-9-18/h11-12,15,17-18H,5-10,13-14H2,1-4H3/t15-,17+/m0/s1. The van der Waals surface area contributed by atoms with Crippen LogP contribution in [0.1, 0.15) is 56.8 Å². The van der Waals surface area contributed by atoms with Crippen LogP contribution in [0, 0.1) is 18.8 Å². The Kier molecular flexibility index (Phi) is 6.43. The summed E-state index contributed by atoms with van der Waals surface area (Å²) in [5.74, 6) is 2.59. The van der Waals surface area contributed by atoms with Gasteiger partial charge in [0.25, 0.3) is 0 Å². The molecule has 1 amide bonds. The summed E-state index contributed by atoms with van der Waals surface area (Å²) in [6.07, 6.45) is 10.5. The van der Waals surface area contributed by atoms with Gasteiger partial charge < -0.3 is 14.4 Å². The minimum Gasteiger partial charge on any atom is -0.487 e. The van der Waals surface area contributed by atoms with Crippen LogP contribution < -0.4 is 4.74 Å². The fraction of sp³-hybridized carbons (Fsp3) is 0.652. The minimum absolute atomic E-state index is 0.123. The molecule has 0 saturated heterocycles. The van der Waals surface area contributed by atoms with Crippen LogP contribution in [0.2, 0.25) is 0 Å². The molecule has 0 N–H and O–H groups in total. The Morgan fingerprint density at radius 1 is 1.26 bits per heavy atom. The summed E-state index contributed by atoms with van der Waals surface area (Å²) in [6, 6.07) is 0. The molecule has 2 aromatic heterocycles. The number of aromatic nitrogens is 4. The van der Waals surface area contributed by atoms with E-state index in [2.05, 4.69) is 22.0 Å². The smallest absolute Gasteiger partial charge is 0.409 e.